The van der Waals surface area contributed by atoms with Crippen LogP contribution in [-0.4, -0.2) is 18.8 Å². The zero-order valence-corrected chi connectivity index (χ0v) is 8.58. The summed E-state index contributed by atoms with van der Waals surface area (Å²) in [6, 6.07) is 3.92. The molecule has 1 aliphatic heterocycles. The maximum atomic E-state index is 5.34. The van der Waals surface area contributed by atoms with Crippen molar-refractivity contribution in [2.75, 3.05) is 13.2 Å². The number of nitrogens with one attached hydrogen (secondary N) is 1. The Morgan fingerprint density at radius 1 is 1.43 bits per heavy atom. The fraction of sp³-hybridized carbons (Fsp3) is 0.636. The van der Waals surface area contributed by atoms with Gasteiger partial charge in [0, 0.05) is 18.8 Å². The molecule has 1 aromatic heterocycles. The van der Waals surface area contributed by atoms with Crippen molar-refractivity contribution < 1.29 is 9.15 Å². The standard InChI is InChI=1S/C11H17NO2/c1-11(4-7-13-8-5-11)12-9-10-3-2-6-14-10/h2-3,6,12H,4-5,7-9H2,1H3. The Morgan fingerprint density at radius 2 is 2.21 bits per heavy atom. The van der Waals surface area contributed by atoms with Gasteiger partial charge in [-0.1, -0.05) is 0 Å². The van der Waals surface area contributed by atoms with Crippen LogP contribution in [0, 0.1) is 0 Å². The van der Waals surface area contributed by atoms with Gasteiger partial charge in [0.15, 0.2) is 0 Å². The summed E-state index contributed by atoms with van der Waals surface area (Å²) < 4.78 is 10.6. The zero-order valence-electron chi connectivity index (χ0n) is 8.58. The van der Waals surface area contributed by atoms with Crippen molar-refractivity contribution in [1.29, 1.82) is 0 Å². The van der Waals surface area contributed by atoms with E-state index in [1.165, 1.54) is 0 Å². The van der Waals surface area contributed by atoms with Crippen LogP contribution in [0.1, 0.15) is 25.5 Å². The van der Waals surface area contributed by atoms with Crippen molar-refractivity contribution in [3.8, 4) is 0 Å². The Kier molecular flexibility index (Phi) is 2.89. The fourth-order valence-electron chi connectivity index (χ4n) is 1.71. The average Bonchev–Trinajstić information content (AvgIpc) is 2.69. The monoisotopic (exact) mass is 195 g/mol. The van der Waals surface area contributed by atoms with Gasteiger partial charge in [-0.2, -0.15) is 0 Å². The lowest BCUT2D eigenvalue weighted by Crippen LogP contribution is -2.46. The number of hydrogen-bond donors (Lipinski definition) is 1. The molecule has 0 amide bonds. The van der Waals surface area contributed by atoms with Gasteiger partial charge in [0.25, 0.3) is 0 Å². The van der Waals surface area contributed by atoms with Gasteiger partial charge in [0.05, 0.1) is 12.8 Å². The summed E-state index contributed by atoms with van der Waals surface area (Å²) in [6.45, 7) is 4.78. The number of rotatable bonds is 3. The molecule has 1 fully saturated rings. The highest BCUT2D eigenvalue weighted by molar-refractivity contribution is 4.99. The van der Waals surface area contributed by atoms with Gasteiger partial charge in [0.2, 0.25) is 0 Å². The Bertz CT molecular complexity index is 263. The summed E-state index contributed by atoms with van der Waals surface area (Å²) in [7, 11) is 0. The Labute approximate surface area is 84.4 Å². The second kappa shape index (κ2) is 4.15. The molecule has 1 saturated heterocycles. The third-order valence-electron chi connectivity index (χ3n) is 2.87. The molecule has 0 atom stereocenters. The highest BCUT2D eigenvalue weighted by Crippen LogP contribution is 2.20. The predicted molar refractivity (Wildman–Crippen MR) is 54.0 cm³/mol. The average molecular weight is 195 g/mol. The van der Waals surface area contributed by atoms with E-state index < -0.39 is 0 Å². The maximum absolute atomic E-state index is 5.34. The lowest BCUT2D eigenvalue weighted by Gasteiger charge is -2.34. The molecule has 78 valence electrons. The topological polar surface area (TPSA) is 34.4 Å². The van der Waals surface area contributed by atoms with Gasteiger partial charge in [-0.15, -0.1) is 0 Å². The molecule has 2 heterocycles. The first-order valence-electron chi connectivity index (χ1n) is 5.14. The van der Waals surface area contributed by atoms with E-state index in [0.717, 1.165) is 38.4 Å². The lowest BCUT2D eigenvalue weighted by atomic mass is 9.92. The predicted octanol–water partition coefficient (Wildman–Crippen LogP) is 1.94. The van der Waals surface area contributed by atoms with Crippen molar-refractivity contribution in [2.45, 2.75) is 31.8 Å². The molecule has 0 unspecified atom stereocenters. The second-order valence-electron chi connectivity index (χ2n) is 4.11. The van der Waals surface area contributed by atoms with Crippen LogP contribution in [0.4, 0.5) is 0 Å². The molecule has 0 aromatic carbocycles. The van der Waals surface area contributed by atoms with Crippen LogP contribution < -0.4 is 5.32 Å². The summed E-state index contributed by atoms with van der Waals surface area (Å²) in [4.78, 5) is 0. The maximum Gasteiger partial charge on any atom is 0.117 e. The molecule has 0 bridgehead atoms. The number of hydrogen-bond acceptors (Lipinski definition) is 3. The molecule has 3 heteroatoms. The molecule has 0 aliphatic carbocycles. The fourth-order valence-corrected chi connectivity index (χ4v) is 1.71. The van der Waals surface area contributed by atoms with Crippen molar-refractivity contribution in [3.05, 3.63) is 24.2 Å². The van der Waals surface area contributed by atoms with Crippen LogP contribution in [0.15, 0.2) is 22.8 Å². The van der Waals surface area contributed by atoms with Gasteiger partial charge in [-0.05, 0) is 31.9 Å². The minimum atomic E-state index is 0.213. The molecular weight excluding hydrogens is 178 g/mol. The van der Waals surface area contributed by atoms with E-state index >= 15 is 0 Å². The van der Waals surface area contributed by atoms with Crippen LogP contribution in [0.25, 0.3) is 0 Å². The van der Waals surface area contributed by atoms with E-state index in [1.54, 1.807) is 6.26 Å². The summed E-state index contributed by atoms with van der Waals surface area (Å²) >= 11 is 0. The van der Waals surface area contributed by atoms with Crippen LogP contribution in [0.3, 0.4) is 0 Å². The molecule has 1 N–H and O–H groups in total. The Morgan fingerprint density at radius 3 is 2.86 bits per heavy atom. The first-order chi connectivity index (χ1) is 6.79. The molecule has 14 heavy (non-hydrogen) atoms. The van der Waals surface area contributed by atoms with Gasteiger partial charge >= 0.3 is 0 Å². The number of ether oxygens (including phenoxy) is 1. The largest absolute Gasteiger partial charge is 0.468 e. The van der Waals surface area contributed by atoms with E-state index in [1.807, 2.05) is 12.1 Å². The SMILES string of the molecule is CC1(NCc2ccco2)CCOCC1. The second-order valence-corrected chi connectivity index (χ2v) is 4.11. The molecule has 1 aromatic rings. The van der Waals surface area contributed by atoms with E-state index in [4.69, 9.17) is 9.15 Å². The molecule has 2 rings (SSSR count). The van der Waals surface area contributed by atoms with E-state index in [9.17, 15) is 0 Å². The number of furan rings is 1. The summed E-state index contributed by atoms with van der Waals surface area (Å²) in [6.07, 6.45) is 3.87. The van der Waals surface area contributed by atoms with Crippen LogP contribution in [0.5, 0.6) is 0 Å². The molecule has 3 nitrogen and oxygen atoms in total. The lowest BCUT2D eigenvalue weighted by molar-refractivity contribution is 0.0439. The third kappa shape index (κ3) is 2.36. The summed E-state index contributed by atoms with van der Waals surface area (Å²) in [5, 5.41) is 3.53. The van der Waals surface area contributed by atoms with E-state index in [-0.39, 0.29) is 5.54 Å². The smallest absolute Gasteiger partial charge is 0.117 e. The quantitative estimate of drug-likeness (QED) is 0.800. The summed E-state index contributed by atoms with van der Waals surface area (Å²) in [5.41, 5.74) is 0.213. The molecular formula is C11H17NO2. The molecule has 0 saturated carbocycles. The minimum Gasteiger partial charge on any atom is -0.468 e. The highest BCUT2D eigenvalue weighted by Gasteiger charge is 2.26. The van der Waals surface area contributed by atoms with Gasteiger partial charge in [-0.25, -0.2) is 0 Å². The Hall–Kier alpha value is -0.800. The van der Waals surface area contributed by atoms with E-state index in [0.29, 0.717) is 0 Å². The molecule has 0 spiro atoms. The van der Waals surface area contributed by atoms with Crippen molar-refractivity contribution in [1.82, 2.24) is 5.32 Å². The zero-order chi connectivity index (χ0) is 9.86. The van der Waals surface area contributed by atoms with Gasteiger partial charge in [0.1, 0.15) is 5.76 Å². The molecule has 1 aliphatic rings. The molecule has 0 radical (unpaired) electrons. The van der Waals surface area contributed by atoms with Crippen molar-refractivity contribution in [3.63, 3.8) is 0 Å². The minimum absolute atomic E-state index is 0.213. The van der Waals surface area contributed by atoms with Crippen molar-refractivity contribution >= 4 is 0 Å². The third-order valence-corrected chi connectivity index (χ3v) is 2.87. The van der Waals surface area contributed by atoms with Crippen LogP contribution in [-0.2, 0) is 11.3 Å². The van der Waals surface area contributed by atoms with Crippen molar-refractivity contribution in [2.24, 2.45) is 0 Å². The van der Waals surface area contributed by atoms with Gasteiger partial charge < -0.3 is 14.5 Å². The van der Waals surface area contributed by atoms with Crippen LogP contribution >= 0.6 is 0 Å². The summed E-state index contributed by atoms with van der Waals surface area (Å²) in [5.74, 6) is 0.998. The van der Waals surface area contributed by atoms with Gasteiger partial charge in [-0.3, -0.25) is 0 Å². The van der Waals surface area contributed by atoms with Crippen LogP contribution in [0.2, 0.25) is 0 Å². The Balaban J connectivity index is 1.84. The highest BCUT2D eigenvalue weighted by atomic mass is 16.5. The first kappa shape index (κ1) is 9.74. The first-order valence-corrected chi connectivity index (χ1v) is 5.14. The normalized spacial score (nSPS) is 20.9. The van der Waals surface area contributed by atoms with E-state index in [2.05, 4.69) is 12.2 Å².